The summed E-state index contributed by atoms with van der Waals surface area (Å²) in [6, 6.07) is 10.1. The van der Waals surface area contributed by atoms with E-state index < -0.39 is 27.0 Å². The molecule has 3 aromatic rings. The summed E-state index contributed by atoms with van der Waals surface area (Å²) in [6.07, 6.45) is 0. The van der Waals surface area contributed by atoms with E-state index in [-0.39, 0.29) is 11.5 Å². The number of rotatable bonds is 4. The van der Waals surface area contributed by atoms with Crippen LogP contribution < -0.4 is 11.1 Å². The summed E-state index contributed by atoms with van der Waals surface area (Å²) < 4.78 is 39.6. The average Bonchev–Trinajstić information content (AvgIpc) is 2.90. The molecule has 26 heavy (non-hydrogen) atoms. The van der Waals surface area contributed by atoms with E-state index in [9.17, 15) is 17.6 Å². The number of fused-ring (bicyclic) bond motifs is 1. The Morgan fingerprint density at radius 2 is 1.92 bits per heavy atom. The molecule has 3 N–H and O–H groups in total. The molecule has 0 atom stereocenters. The number of anilines is 2. The summed E-state index contributed by atoms with van der Waals surface area (Å²) in [7, 11) is -3.68. The fraction of sp³-hybridized carbons (Fsp3) is 0.176. The van der Waals surface area contributed by atoms with Gasteiger partial charge in [-0.15, -0.1) is 0 Å². The molecule has 0 saturated carbocycles. The molecule has 1 amide bonds. The molecule has 0 saturated heterocycles. The first-order chi connectivity index (χ1) is 12.2. The zero-order valence-electron chi connectivity index (χ0n) is 14.1. The van der Waals surface area contributed by atoms with Gasteiger partial charge in [0.25, 0.3) is 5.91 Å². The van der Waals surface area contributed by atoms with Crippen LogP contribution >= 0.6 is 0 Å². The molecule has 0 unspecified atom stereocenters. The summed E-state index contributed by atoms with van der Waals surface area (Å²) in [4.78, 5) is 16.3. The lowest BCUT2D eigenvalue weighted by molar-refractivity contribution is 0.102. The van der Waals surface area contributed by atoms with E-state index >= 15 is 0 Å². The number of imidazole rings is 1. The van der Waals surface area contributed by atoms with Crippen molar-refractivity contribution in [2.45, 2.75) is 19.1 Å². The molecule has 1 aromatic heterocycles. The van der Waals surface area contributed by atoms with Gasteiger partial charge in [-0.2, -0.15) is 0 Å². The molecule has 9 heteroatoms. The molecular formula is C17H17FN4O3S. The van der Waals surface area contributed by atoms with Crippen LogP contribution in [0, 0.1) is 5.82 Å². The number of halogens is 1. The zero-order chi connectivity index (χ0) is 19.1. The van der Waals surface area contributed by atoms with Crippen LogP contribution in [-0.4, -0.2) is 28.5 Å². The van der Waals surface area contributed by atoms with Gasteiger partial charge in [0.2, 0.25) is 16.0 Å². The van der Waals surface area contributed by atoms with E-state index in [0.717, 1.165) is 3.97 Å². The number of benzene rings is 2. The van der Waals surface area contributed by atoms with Gasteiger partial charge in [0.05, 0.1) is 21.8 Å². The van der Waals surface area contributed by atoms with Gasteiger partial charge in [-0.1, -0.05) is 12.1 Å². The van der Waals surface area contributed by atoms with Gasteiger partial charge in [0.15, 0.2) is 0 Å². The largest absolute Gasteiger partial charge is 0.368 e. The highest BCUT2D eigenvalue weighted by atomic mass is 32.2. The molecule has 136 valence electrons. The van der Waals surface area contributed by atoms with Crippen LogP contribution in [0.15, 0.2) is 42.5 Å². The summed E-state index contributed by atoms with van der Waals surface area (Å²) in [5, 5.41) is 1.88. The van der Waals surface area contributed by atoms with Gasteiger partial charge in [-0.3, -0.25) is 4.79 Å². The van der Waals surface area contributed by atoms with Crippen molar-refractivity contribution in [2.75, 3.05) is 11.1 Å². The molecule has 0 aliphatic heterocycles. The van der Waals surface area contributed by atoms with Crippen LogP contribution in [-0.2, 0) is 10.0 Å². The van der Waals surface area contributed by atoms with Crippen LogP contribution in [0.5, 0.6) is 0 Å². The SMILES string of the molecule is CC(C)S(=O)(=O)n1c(N)nc2cc(NC(=O)c3ccccc3F)ccc21. The van der Waals surface area contributed by atoms with Crippen LogP contribution in [0.4, 0.5) is 16.0 Å². The second-order valence-corrected chi connectivity index (χ2v) is 8.30. The molecule has 0 radical (unpaired) electrons. The molecule has 0 fully saturated rings. The van der Waals surface area contributed by atoms with Crippen molar-refractivity contribution in [3.05, 3.63) is 53.8 Å². The fourth-order valence-corrected chi connectivity index (χ4v) is 3.63. The van der Waals surface area contributed by atoms with Gasteiger partial charge in [0.1, 0.15) is 5.82 Å². The maximum atomic E-state index is 13.7. The number of nitrogens with one attached hydrogen (secondary N) is 1. The molecule has 3 rings (SSSR count). The molecule has 7 nitrogen and oxygen atoms in total. The van der Waals surface area contributed by atoms with E-state index in [2.05, 4.69) is 10.3 Å². The third kappa shape index (κ3) is 3.01. The minimum absolute atomic E-state index is 0.0972. The Hall–Kier alpha value is -2.94. The van der Waals surface area contributed by atoms with Crippen LogP contribution in [0.1, 0.15) is 24.2 Å². The summed E-state index contributed by atoms with van der Waals surface area (Å²) in [6.45, 7) is 3.09. The molecule has 2 aromatic carbocycles. The van der Waals surface area contributed by atoms with E-state index in [1.54, 1.807) is 19.9 Å². The lowest BCUT2D eigenvalue weighted by atomic mass is 10.2. The van der Waals surface area contributed by atoms with Crippen molar-refractivity contribution in [3.63, 3.8) is 0 Å². The molecule has 0 aliphatic rings. The quantitative estimate of drug-likeness (QED) is 0.728. The Morgan fingerprint density at radius 1 is 1.23 bits per heavy atom. The number of nitrogens with zero attached hydrogens (tertiary/aromatic N) is 2. The first-order valence-corrected chi connectivity index (χ1v) is 9.30. The van der Waals surface area contributed by atoms with Crippen LogP contribution in [0.2, 0.25) is 0 Å². The predicted molar refractivity (Wildman–Crippen MR) is 98.0 cm³/mol. The Kier molecular flexibility index (Phi) is 4.41. The number of nitrogens with two attached hydrogens (primary N) is 1. The lowest BCUT2D eigenvalue weighted by Gasteiger charge is -2.11. The monoisotopic (exact) mass is 376 g/mol. The number of nitrogen functional groups attached to an aromatic ring is 1. The molecule has 1 heterocycles. The molecule has 0 spiro atoms. The first kappa shape index (κ1) is 17.9. The summed E-state index contributed by atoms with van der Waals surface area (Å²) in [5.41, 5.74) is 6.63. The third-order valence-electron chi connectivity index (χ3n) is 3.86. The van der Waals surface area contributed by atoms with Gasteiger partial charge < -0.3 is 11.1 Å². The van der Waals surface area contributed by atoms with Gasteiger partial charge in [-0.05, 0) is 44.2 Å². The lowest BCUT2D eigenvalue weighted by Crippen LogP contribution is -2.23. The number of aromatic nitrogens is 2. The van der Waals surface area contributed by atoms with Gasteiger partial charge >= 0.3 is 0 Å². The average molecular weight is 376 g/mol. The van der Waals surface area contributed by atoms with Crippen molar-refractivity contribution in [1.29, 1.82) is 0 Å². The highest BCUT2D eigenvalue weighted by Gasteiger charge is 2.24. The second kappa shape index (κ2) is 6.41. The highest BCUT2D eigenvalue weighted by molar-refractivity contribution is 7.90. The number of amides is 1. The Labute approximate surface area is 149 Å². The minimum atomic E-state index is -3.68. The van der Waals surface area contributed by atoms with Crippen molar-refractivity contribution in [1.82, 2.24) is 8.96 Å². The van der Waals surface area contributed by atoms with Crippen molar-refractivity contribution in [3.8, 4) is 0 Å². The van der Waals surface area contributed by atoms with E-state index in [4.69, 9.17) is 5.73 Å². The summed E-state index contributed by atoms with van der Waals surface area (Å²) in [5.74, 6) is -1.42. The first-order valence-electron chi connectivity index (χ1n) is 7.80. The summed E-state index contributed by atoms with van der Waals surface area (Å²) >= 11 is 0. The van der Waals surface area contributed by atoms with E-state index in [0.29, 0.717) is 16.7 Å². The normalized spacial score (nSPS) is 11.8. The number of hydrogen-bond donors (Lipinski definition) is 2. The standard InChI is InChI=1S/C17H17FN4O3S/c1-10(2)26(24,25)22-15-8-7-11(9-14(15)21-17(22)19)20-16(23)12-5-3-4-6-13(12)18/h3-10H,1-2H3,(H2,19,21)(H,20,23). The number of carbonyl (C=O) groups excluding carboxylic acids is 1. The Bertz CT molecular complexity index is 1110. The fourth-order valence-electron chi connectivity index (χ4n) is 2.48. The van der Waals surface area contributed by atoms with Gasteiger partial charge in [0, 0.05) is 5.69 Å². The molecule has 0 aliphatic carbocycles. The van der Waals surface area contributed by atoms with E-state index in [1.165, 1.54) is 36.4 Å². The minimum Gasteiger partial charge on any atom is -0.368 e. The maximum absolute atomic E-state index is 13.7. The van der Waals surface area contributed by atoms with Gasteiger partial charge in [-0.25, -0.2) is 21.8 Å². The smallest absolute Gasteiger partial charge is 0.258 e. The number of hydrogen-bond acceptors (Lipinski definition) is 5. The van der Waals surface area contributed by atoms with Crippen molar-refractivity contribution < 1.29 is 17.6 Å². The zero-order valence-corrected chi connectivity index (χ0v) is 14.9. The van der Waals surface area contributed by atoms with Crippen molar-refractivity contribution >= 4 is 38.6 Å². The molecule has 0 bridgehead atoms. The Balaban J connectivity index is 1.99. The Morgan fingerprint density at radius 3 is 2.58 bits per heavy atom. The molecular weight excluding hydrogens is 359 g/mol. The van der Waals surface area contributed by atoms with E-state index in [1.807, 2.05) is 0 Å². The maximum Gasteiger partial charge on any atom is 0.258 e. The van der Waals surface area contributed by atoms with Crippen molar-refractivity contribution in [2.24, 2.45) is 0 Å². The highest BCUT2D eigenvalue weighted by Crippen LogP contribution is 2.25. The number of carbonyl (C=O) groups is 1. The topological polar surface area (TPSA) is 107 Å². The van der Waals surface area contributed by atoms with Crippen LogP contribution in [0.25, 0.3) is 11.0 Å². The second-order valence-electron chi connectivity index (χ2n) is 5.97. The predicted octanol–water partition coefficient (Wildman–Crippen LogP) is 2.60. The third-order valence-corrected chi connectivity index (χ3v) is 5.95. The van der Waals surface area contributed by atoms with Crippen LogP contribution in [0.3, 0.4) is 0 Å².